The van der Waals surface area contributed by atoms with Gasteiger partial charge in [0.2, 0.25) is 5.91 Å². The van der Waals surface area contributed by atoms with Crippen molar-refractivity contribution < 1.29 is 39.3 Å². The molecule has 11 heteroatoms. The fourth-order valence-corrected chi connectivity index (χ4v) is 6.01. The minimum Gasteiger partial charge on any atom is -0.505 e. The van der Waals surface area contributed by atoms with Gasteiger partial charge >= 0.3 is 0 Å². The second kappa shape index (κ2) is 7.17. The Kier molecular flexibility index (Phi) is 5.00. The lowest BCUT2D eigenvalue weighted by molar-refractivity contribution is -0.196. The maximum atomic E-state index is 13.7. The Morgan fingerprint density at radius 1 is 1.12 bits per heavy atom. The second-order valence-corrected chi connectivity index (χ2v) is 9.33. The van der Waals surface area contributed by atoms with E-state index in [-0.39, 0.29) is 11.3 Å². The highest BCUT2D eigenvalue weighted by Gasteiger charge is 2.72. The molecule has 3 aliphatic carbocycles. The molecule has 0 aliphatic heterocycles. The predicted octanol–water partition coefficient (Wildman–Crippen LogP) is -2.02. The number of likely N-dealkylation sites (N-methyl/N-ethyl adjacent to an activating group) is 1. The van der Waals surface area contributed by atoms with E-state index in [1.165, 1.54) is 31.1 Å². The van der Waals surface area contributed by atoms with E-state index in [4.69, 9.17) is 11.5 Å². The molecule has 2 fully saturated rings. The van der Waals surface area contributed by atoms with Crippen LogP contribution in [0.4, 0.5) is 5.69 Å². The van der Waals surface area contributed by atoms with Gasteiger partial charge in [0.15, 0.2) is 34.7 Å². The summed E-state index contributed by atoms with van der Waals surface area (Å²) >= 11 is 0. The molecule has 3 aliphatic rings. The standard InChI is InChI=1S/C22H25N3O8/c1-6-7-4-5-8(23)15(26)10(7)16(27)11-9(6)17(28)13-14(25(2)3)18(29)12(21(24)32)20(31)22(13,33)19(11)30/h4-6,9,11-14,17,26,28,33H,23H2,1-3H3,(H2,24,32). The van der Waals surface area contributed by atoms with Crippen molar-refractivity contribution in [1.29, 1.82) is 0 Å². The molecular formula is C22H25N3O8. The van der Waals surface area contributed by atoms with Crippen molar-refractivity contribution in [2.45, 2.75) is 30.6 Å². The maximum absolute atomic E-state index is 13.7. The highest BCUT2D eigenvalue weighted by Crippen LogP contribution is 2.54. The lowest BCUT2D eigenvalue weighted by Crippen LogP contribution is -2.77. The molecule has 0 spiro atoms. The summed E-state index contributed by atoms with van der Waals surface area (Å²) in [4.78, 5) is 66.6. The van der Waals surface area contributed by atoms with Gasteiger partial charge in [0.25, 0.3) is 0 Å². The zero-order valence-corrected chi connectivity index (χ0v) is 18.2. The van der Waals surface area contributed by atoms with Gasteiger partial charge in [-0.1, -0.05) is 13.0 Å². The van der Waals surface area contributed by atoms with Crippen molar-refractivity contribution in [2.75, 3.05) is 19.8 Å². The number of benzene rings is 1. The SMILES string of the molecule is CC1c2ccc(N)c(O)c2C(=O)C2C(=O)C3(O)C(=O)C(C(N)=O)C(=O)C(N(C)C)C3C(O)C21. The van der Waals surface area contributed by atoms with E-state index in [9.17, 15) is 39.3 Å². The van der Waals surface area contributed by atoms with E-state index >= 15 is 0 Å². The normalized spacial score (nSPS) is 38.1. The summed E-state index contributed by atoms with van der Waals surface area (Å²) in [5.41, 5.74) is 7.98. The molecule has 0 aromatic heterocycles. The first-order valence-electron chi connectivity index (χ1n) is 10.4. The molecule has 1 aromatic carbocycles. The van der Waals surface area contributed by atoms with Crippen LogP contribution < -0.4 is 11.5 Å². The van der Waals surface area contributed by atoms with Gasteiger partial charge in [0, 0.05) is 5.92 Å². The lowest BCUT2D eigenvalue weighted by atomic mass is 9.49. The highest BCUT2D eigenvalue weighted by atomic mass is 16.3. The third-order valence-electron chi connectivity index (χ3n) is 7.52. The van der Waals surface area contributed by atoms with E-state index < -0.39 is 82.1 Å². The van der Waals surface area contributed by atoms with Gasteiger partial charge in [0.1, 0.15) is 5.75 Å². The van der Waals surface area contributed by atoms with Crippen LogP contribution in [0, 0.1) is 23.7 Å². The highest BCUT2D eigenvalue weighted by molar-refractivity contribution is 6.32. The van der Waals surface area contributed by atoms with Gasteiger partial charge in [-0.3, -0.25) is 28.9 Å². The van der Waals surface area contributed by atoms with Crippen molar-refractivity contribution in [2.24, 2.45) is 29.4 Å². The van der Waals surface area contributed by atoms with Crippen LogP contribution in [-0.2, 0) is 19.2 Å². The van der Waals surface area contributed by atoms with Gasteiger partial charge in [-0.05, 0) is 31.6 Å². The number of primary amides is 1. The van der Waals surface area contributed by atoms with Crippen molar-refractivity contribution in [3.05, 3.63) is 23.3 Å². The van der Waals surface area contributed by atoms with Crippen molar-refractivity contribution in [1.82, 2.24) is 4.90 Å². The number of hydrogen-bond acceptors (Lipinski definition) is 10. The Morgan fingerprint density at radius 2 is 1.73 bits per heavy atom. The number of aromatic hydroxyl groups is 1. The molecule has 2 saturated carbocycles. The van der Waals surface area contributed by atoms with Gasteiger partial charge in [-0.2, -0.15) is 0 Å². The zero-order valence-electron chi connectivity index (χ0n) is 18.2. The molecule has 0 heterocycles. The van der Waals surface area contributed by atoms with Gasteiger partial charge in [-0.25, -0.2) is 0 Å². The van der Waals surface area contributed by atoms with E-state index in [2.05, 4.69) is 0 Å². The Bertz CT molecular complexity index is 1130. The number of phenolic OH excluding ortho intramolecular Hbond substituents is 1. The number of rotatable bonds is 2. The van der Waals surface area contributed by atoms with Gasteiger partial charge < -0.3 is 26.8 Å². The summed E-state index contributed by atoms with van der Waals surface area (Å²) in [7, 11) is 2.87. The average molecular weight is 459 g/mol. The van der Waals surface area contributed by atoms with Crippen LogP contribution in [-0.4, -0.2) is 81.1 Å². The zero-order chi connectivity index (χ0) is 24.7. The molecule has 1 aromatic rings. The average Bonchev–Trinajstić information content (AvgIpc) is 2.72. The number of aliphatic hydroxyl groups is 2. The number of nitrogens with zero attached hydrogens (tertiary/aromatic N) is 1. The molecule has 8 unspecified atom stereocenters. The Labute approximate surface area is 188 Å². The van der Waals surface area contributed by atoms with E-state index in [0.717, 1.165) is 0 Å². The first-order valence-corrected chi connectivity index (χ1v) is 10.4. The maximum Gasteiger partial charge on any atom is 0.235 e. The second-order valence-electron chi connectivity index (χ2n) is 9.33. The molecule has 0 radical (unpaired) electrons. The van der Waals surface area contributed by atoms with Crippen LogP contribution in [0.5, 0.6) is 5.75 Å². The Balaban J connectivity index is 1.97. The lowest BCUT2D eigenvalue weighted by Gasteiger charge is -2.56. The topological polar surface area (TPSA) is 201 Å². The largest absolute Gasteiger partial charge is 0.505 e. The number of nitrogen functional groups attached to an aromatic ring is 1. The van der Waals surface area contributed by atoms with E-state index in [0.29, 0.717) is 5.56 Å². The van der Waals surface area contributed by atoms with Crippen molar-refractivity contribution >= 4 is 34.7 Å². The minimum absolute atomic E-state index is 0.103. The van der Waals surface area contributed by atoms with Gasteiger partial charge in [-0.15, -0.1) is 0 Å². The molecular weight excluding hydrogens is 434 g/mol. The molecule has 7 N–H and O–H groups in total. The Morgan fingerprint density at radius 3 is 2.27 bits per heavy atom. The minimum atomic E-state index is -3.01. The van der Waals surface area contributed by atoms with Crippen LogP contribution in [0.2, 0.25) is 0 Å². The molecule has 4 rings (SSSR count). The molecule has 11 nitrogen and oxygen atoms in total. The monoisotopic (exact) mass is 459 g/mol. The molecule has 8 atom stereocenters. The first-order chi connectivity index (χ1) is 15.3. The summed E-state index contributed by atoms with van der Waals surface area (Å²) in [5.74, 6) is -13.6. The quantitative estimate of drug-likeness (QED) is 0.187. The third kappa shape index (κ3) is 2.69. The first kappa shape index (κ1) is 23.0. The summed E-state index contributed by atoms with van der Waals surface area (Å²) in [6, 6.07) is 1.50. The molecule has 1 amide bonds. The molecule has 0 bridgehead atoms. The van der Waals surface area contributed by atoms with Crippen LogP contribution in [0.1, 0.15) is 28.8 Å². The van der Waals surface area contributed by atoms with Crippen molar-refractivity contribution in [3.63, 3.8) is 0 Å². The number of phenols is 1. The number of carbonyl (C=O) groups is 5. The number of amides is 1. The number of Topliss-reactive ketones (excluding diaryl/α,β-unsaturated/α-hetero) is 4. The summed E-state index contributed by atoms with van der Waals surface area (Å²) < 4.78 is 0. The smallest absolute Gasteiger partial charge is 0.235 e. The fraction of sp³-hybridized carbons (Fsp3) is 0.500. The number of carbonyl (C=O) groups excluding carboxylic acids is 5. The molecule has 176 valence electrons. The number of nitrogens with two attached hydrogens (primary N) is 2. The fourth-order valence-electron chi connectivity index (χ4n) is 6.01. The number of aliphatic hydroxyl groups excluding tert-OH is 1. The van der Waals surface area contributed by atoms with Crippen molar-refractivity contribution in [3.8, 4) is 5.75 Å². The van der Waals surface area contributed by atoms with Crippen LogP contribution in [0.15, 0.2) is 12.1 Å². The number of hydrogen-bond donors (Lipinski definition) is 5. The molecule has 33 heavy (non-hydrogen) atoms. The number of ketones is 4. The van der Waals surface area contributed by atoms with Crippen LogP contribution in [0.3, 0.4) is 0 Å². The van der Waals surface area contributed by atoms with E-state index in [1.54, 1.807) is 6.92 Å². The summed E-state index contributed by atoms with van der Waals surface area (Å²) in [5, 5.41) is 33.3. The number of fused-ring (bicyclic) bond motifs is 3. The van der Waals surface area contributed by atoms with Crippen LogP contribution >= 0.6 is 0 Å². The summed E-state index contributed by atoms with van der Waals surface area (Å²) in [6.45, 7) is 1.63. The van der Waals surface area contributed by atoms with Gasteiger partial charge in [0.05, 0.1) is 35.2 Å². The number of anilines is 1. The molecule has 0 saturated heterocycles. The predicted molar refractivity (Wildman–Crippen MR) is 112 cm³/mol. The van der Waals surface area contributed by atoms with Crippen LogP contribution in [0.25, 0.3) is 0 Å². The van der Waals surface area contributed by atoms with E-state index in [1.807, 2.05) is 0 Å². The Hall–Kier alpha value is -3.15. The summed E-state index contributed by atoms with van der Waals surface area (Å²) in [6.07, 6.45) is -1.65. The third-order valence-corrected chi connectivity index (χ3v) is 7.52.